The number of benzene rings is 1. The van der Waals surface area contributed by atoms with E-state index in [1.165, 1.54) is 17.0 Å². The minimum absolute atomic E-state index is 0.540. The normalized spacial score (nSPS) is 24.1. The van der Waals surface area contributed by atoms with Gasteiger partial charge in [-0.25, -0.2) is 4.98 Å². The van der Waals surface area contributed by atoms with Crippen LogP contribution in [-0.4, -0.2) is 18.1 Å². The second kappa shape index (κ2) is 5.51. The second-order valence-electron chi connectivity index (χ2n) is 4.63. The van der Waals surface area contributed by atoms with Crippen molar-refractivity contribution in [1.29, 1.82) is 0 Å². The summed E-state index contributed by atoms with van der Waals surface area (Å²) < 4.78 is 1.14. The Morgan fingerprint density at radius 1 is 1.22 bits per heavy atom. The largest absolute Gasteiger partial charge is 0.316 e. The lowest BCUT2D eigenvalue weighted by Crippen LogP contribution is -2.33. The summed E-state index contributed by atoms with van der Waals surface area (Å²) in [6.07, 6.45) is 3.09. The minimum atomic E-state index is 0.540. The molecule has 2 heterocycles. The first-order valence-electron chi connectivity index (χ1n) is 6.20. The average Bonchev–Trinajstić information content (AvgIpc) is 2.93. The summed E-state index contributed by atoms with van der Waals surface area (Å²) in [5, 5.41) is 6.87. The molecule has 0 amide bonds. The van der Waals surface area contributed by atoms with Gasteiger partial charge in [0.25, 0.3) is 0 Å². The molecule has 1 aromatic carbocycles. The quantitative estimate of drug-likeness (QED) is 0.910. The highest BCUT2D eigenvalue weighted by Crippen LogP contribution is 2.38. The molecule has 1 N–H and O–H groups in total. The summed E-state index contributed by atoms with van der Waals surface area (Å²) in [6.45, 7) is 2.14. The van der Waals surface area contributed by atoms with Crippen LogP contribution in [0.25, 0.3) is 0 Å². The molecule has 0 radical (unpaired) electrons. The van der Waals surface area contributed by atoms with Gasteiger partial charge < -0.3 is 5.32 Å². The van der Waals surface area contributed by atoms with E-state index in [4.69, 9.17) is 0 Å². The van der Waals surface area contributed by atoms with Crippen molar-refractivity contribution in [2.45, 2.75) is 18.3 Å². The van der Waals surface area contributed by atoms with Crippen LogP contribution in [0, 0.1) is 0 Å². The summed E-state index contributed by atoms with van der Waals surface area (Å²) in [6, 6.07) is 8.70. The van der Waals surface area contributed by atoms with Gasteiger partial charge in [-0.15, -0.1) is 11.3 Å². The van der Waals surface area contributed by atoms with Crippen LogP contribution in [0.3, 0.4) is 0 Å². The zero-order chi connectivity index (χ0) is 12.4. The number of nitrogens with one attached hydrogen (secondary N) is 1. The molecule has 1 aromatic heterocycles. The van der Waals surface area contributed by atoms with Crippen LogP contribution in [0.4, 0.5) is 0 Å². The molecule has 18 heavy (non-hydrogen) atoms. The van der Waals surface area contributed by atoms with Crippen molar-refractivity contribution in [3.63, 3.8) is 0 Å². The molecule has 1 fully saturated rings. The van der Waals surface area contributed by atoms with Crippen molar-refractivity contribution in [3.05, 3.63) is 50.9 Å². The topological polar surface area (TPSA) is 24.9 Å². The van der Waals surface area contributed by atoms with Crippen LogP contribution in [-0.2, 0) is 0 Å². The van der Waals surface area contributed by atoms with Gasteiger partial charge in [0.1, 0.15) is 0 Å². The number of hydrogen-bond donors (Lipinski definition) is 1. The Bertz CT molecular complexity index is 495. The highest BCUT2D eigenvalue weighted by molar-refractivity contribution is 9.10. The molecule has 0 bridgehead atoms. The van der Waals surface area contributed by atoms with Crippen molar-refractivity contribution >= 4 is 27.3 Å². The lowest BCUT2D eigenvalue weighted by atomic mass is 9.82. The van der Waals surface area contributed by atoms with Gasteiger partial charge >= 0.3 is 0 Å². The van der Waals surface area contributed by atoms with Crippen LogP contribution in [0.5, 0.6) is 0 Å². The summed E-state index contributed by atoms with van der Waals surface area (Å²) in [5.74, 6) is 1.10. The molecule has 2 nitrogen and oxygen atoms in total. The molecule has 4 heteroatoms. The van der Waals surface area contributed by atoms with E-state index in [-0.39, 0.29) is 0 Å². The van der Waals surface area contributed by atoms with Gasteiger partial charge in [-0.3, -0.25) is 0 Å². The standard InChI is InChI=1S/C14H15BrN2S/c15-11-3-1-10(2-4-11)13-9-16-6-5-12(13)14-17-7-8-18-14/h1-4,7-8,12-13,16H,5-6,9H2. The summed E-state index contributed by atoms with van der Waals surface area (Å²) in [4.78, 5) is 4.51. The molecule has 0 spiro atoms. The second-order valence-corrected chi connectivity index (χ2v) is 6.47. The molecule has 94 valence electrons. The van der Waals surface area contributed by atoms with E-state index in [1.54, 1.807) is 11.3 Å². The molecule has 2 unspecified atom stereocenters. The van der Waals surface area contributed by atoms with Crippen molar-refractivity contribution in [3.8, 4) is 0 Å². The molecular weight excluding hydrogens is 308 g/mol. The van der Waals surface area contributed by atoms with Gasteiger partial charge in [0.15, 0.2) is 0 Å². The van der Waals surface area contributed by atoms with Gasteiger partial charge in [-0.2, -0.15) is 0 Å². The summed E-state index contributed by atoms with van der Waals surface area (Å²) in [5.41, 5.74) is 1.41. The first-order valence-corrected chi connectivity index (χ1v) is 7.87. The van der Waals surface area contributed by atoms with Gasteiger partial charge in [0.05, 0.1) is 5.01 Å². The zero-order valence-corrected chi connectivity index (χ0v) is 12.4. The van der Waals surface area contributed by atoms with Gasteiger partial charge in [0.2, 0.25) is 0 Å². The van der Waals surface area contributed by atoms with Crippen LogP contribution in [0.2, 0.25) is 0 Å². The highest BCUT2D eigenvalue weighted by atomic mass is 79.9. The maximum absolute atomic E-state index is 4.51. The SMILES string of the molecule is Brc1ccc(C2CNCCC2c2nccs2)cc1. The Morgan fingerprint density at radius 2 is 2.06 bits per heavy atom. The van der Waals surface area contributed by atoms with E-state index in [9.17, 15) is 0 Å². The maximum atomic E-state index is 4.51. The van der Waals surface area contributed by atoms with E-state index in [0.29, 0.717) is 11.8 Å². The predicted octanol–water partition coefficient (Wildman–Crippen LogP) is 3.77. The smallest absolute Gasteiger partial charge is 0.0962 e. The summed E-state index contributed by atoms with van der Waals surface area (Å²) in [7, 11) is 0. The highest BCUT2D eigenvalue weighted by Gasteiger charge is 2.29. The van der Waals surface area contributed by atoms with E-state index in [1.807, 2.05) is 6.20 Å². The number of halogens is 1. The molecule has 1 aliphatic rings. The van der Waals surface area contributed by atoms with Crippen LogP contribution < -0.4 is 5.32 Å². The monoisotopic (exact) mass is 322 g/mol. The molecule has 2 aromatic rings. The Hall–Kier alpha value is -0.710. The number of aromatic nitrogens is 1. The van der Waals surface area contributed by atoms with Crippen molar-refractivity contribution in [2.75, 3.05) is 13.1 Å². The fourth-order valence-corrected chi connectivity index (χ4v) is 3.74. The number of hydrogen-bond acceptors (Lipinski definition) is 3. The number of rotatable bonds is 2. The molecular formula is C14H15BrN2S. The Kier molecular flexibility index (Phi) is 3.77. The Labute approximate surface area is 120 Å². The molecule has 1 saturated heterocycles. The zero-order valence-electron chi connectivity index (χ0n) is 9.97. The average molecular weight is 323 g/mol. The third-order valence-electron chi connectivity index (χ3n) is 3.55. The van der Waals surface area contributed by atoms with E-state index in [0.717, 1.165) is 17.6 Å². The lowest BCUT2D eigenvalue weighted by Gasteiger charge is -2.31. The molecule has 0 aliphatic carbocycles. The number of nitrogens with zero attached hydrogens (tertiary/aromatic N) is 1. The van der Waals surface area contributed by atoms with Crippen LogP contribution >= 0.6 is 27.3 Å². The number of thiazole rings is 1. The lowest BCUT2D eigenvalue weighted by molar-refractivity contribution is 0.403. The molecule has 3 rings (SSSR count). The third-order valence-corrected chi connectivity index (χ3v) is 4.98. The van der Waals surface area contributed by atoms with E-state index in [2.05, 4.69) is 55.9 Å². The Balaban J connectivity index is 1.90. The van der Waals surface area contributed by atoms with Crippen molar-refractivity contribution < 1.29 is 0 Å². The van der Waals surface area contributed by atoms with Crippen LogP contribution in [0.15, 0.2) is 40.3 Å². The van der Waals surface area contributed by atoms with E-state index >= 15 is 0 Å². The number of piperidine rings is 1. The predicted molar refractivity (Wildman–Crippen MR) is 79.2 cm³/mol. The van der Waals surface area contributed by atoms with Gasteiger partial charge in [-0.05, 0) is 30.7 Å². The minimum Gasteiger partial charge on any atom is -0.316 e. The van der Waals surface area contributed by atoms with Gasteiger partial charge in [-0.1, -0.05) is 28.1 Å². The first-order chi connectivity index (χ1) is 8.84. The first kappa shape index (κ1) is 12.3. The van der Waals surface area contributed by atoms with Crippen molar-refractivity contribution in [2.24, 2.45) is 0 Å². The van der Waals surface area contributed by atoms with Gasteiger partial charge in [0, 0.05) is 34.4 Å². The molecule has 1 aliphatic heterocycles. The maximum Gasteiger partial charge on any atom is 0.0962 e. The van der Waals surface area contributed by atoms with E-state index < -0.39 is 0 Å². The fraction of sp³-hybridized carbons (Fsp3) is 0.357. The fourth-order valence-electron chi connectivity index (χ4n) is 2.63. The Morgan fingerprint density at radius 3 is 2.78 bits per heavy atom. The molecule has 2 atom stereocenters. The third kappa shape index (κ3) is 2.51. The molecule has 0 saturated carbocycles. The van der Waals surface area contributed by atoms with Crippen LogP contribution in [0.1, 0.15) is 28.8 Å². The summed E-state index contributed by atoms with van der Waals surface area (Å²) >= 11 is 5.28. The van der Waals surface area contributed by atoms with Crippen molar-refractivity contribution in [1.82, 2.24) is 10.3 Å².